The normalized spacial score (nSPS) is 12.1. The SMILES string of the molecule is CCCC(c1cc(F)ccc1C)n1nc(C(F)F)cc(Nc2ccc(-n3cnc(C)c3)c(OC)c2)c1=O. The van der Waals surface area contributed by atoms with Gasteiger partial charge in [-0.2, -0.15) is 5.10 Å². The van der Waals surface area contributed by atoms with Gasteiger partial charge < -0.3 is 14.6 Å². The number of alkyl halides is 2. The second kappa shape index (κ2) is 10.9. The fourth-order valence-corrected chi connectivity index (χ4v) is 4.27. The van der Waals surface area contributed by atoms with Gasteiger partial charge in [-0.3, -0.25) is 4.79 Å². The average molecular weight is 512 g/mol. The Bertz CT molecular complexity index is 1460. The molecule has 2 aromatic carbocycles. The first kappa shape index (κ1) is 26.0. The Hall–Kier alpha value is -4.08. The van der Waals surface area contributed by atoms with Crippen LogP contribution in [0, 0.1) is 19.7 Å². The van der Waals surface area contributed by atoms with Gasteiger partial charge in [0.25, 0.3) is 12.0 Å². The third-order valence-corrected chi connectivity index (χ3v) is 6.08. The Morgan fingerprint density at radius 1 is 1.11 bits per heavy atom. The number of halogens is 3. The van der Waals surface area contributed by atoms with E-state index in [-0.39, 0.29) is 5.69 Å². The highest BCUT2D eigenvalue weighted by molar-refractivity contribution is 5.64. The van der Waals surface area contributed by atoms with Crippen LogP contribution in [0.15, 0.2) is 59.8 Å². The van der Waals surface area contributed by atoms with Crippen molar-refractivity contribution in [2.45, 2.75) is 46.1 Å². The first-order chi connectivity index (χ1) is 17.7. The number of anilines is 2. The van der Waals surface area contributed by atoms with E-state index >= 15 is 0 Å². The number of aryl methyl sites for hydroxylation is 2. The fourth-order valence-electron chi connectivity index (χ4n) is 4.27. The molecule has 0 saturated carbocycles. The minimum absolute atomic E-state index is 0.0752. The van der Waals surface area contributed by atoms with Gasteiger partial charge in [-0.05, 0) is 61.7 Å². The van der Waals surface area contributed by atoms with Gasteiger partial charge in [0.15, 0.2) is 0 Å². The molecule has 2 heterocycles. The van der Waals surface area contributed by atoms with Crippen LogP contribution in [0.25, 0.3) is 5.69 Å². The monoisotopic (exact) mass is 511 g/mol. The van der Waals surface area contributed by atoms with Gasteiger partial charge in [0, 0.05) is 18.0 Å². The van der Waals surface area contributed by atoms with Crippen molar-refractivity contribution in [1.82, 2.24) is 19.3 Å². The Morgan fingerprint density at radius 2 is 1.89 bits per heavy atom. The van der Waals surface area contributed by atoms with E-state index in [1.807, 2.05) is 20.0 Å². The number of rotatable bonds is 9. The highest BCUT2D eigenvalue weighted by atomic mass is 19.3. The Morgan fingerprint density at radius 3 is 2.54 bits per heavy atom. The standard InChI is InChI=1S/C27H28F3N5O2/c1-5-6-23(20-11-18(28)8-7-16(20)2)35-27(36)22(13-21(33-35)26(29)30)32-19-9-10-24(25(12-19)37-4)34-14-17(3)31-15-34/h7-15,23,26,32H,5-6H2,1-4H3. The molecule has 1 unspecified atom stereocenters. The number of ether oxygens (including phenoxy) is 1. The number of hydrogen-bond acceptors (Lipinski definition) is 5. The molecule has 1 atom stereocenters. The molecule has 4 aromatic rings. The number of benzene rings is 2. The topological polar surface area (TPSA) is 74.0 Å². The summed E-state index contributed by atoms with van der Waals surface area (Å²) < 4.78 is 50.2. The van der Waals surface area contributed by atoms with Gasteiger partial charge in [-0.25, -0.2) is 22.8 Å². The Balaban J connectivity index is 1.79. The van der Waals surface area contributed by atoms with Crippen LogP contribution in [0.5, 0.6) is 5.75 Å². The molecule has 0 spiro atoms. The van der Waals surface area contributed by atoms with Gasteiger partial charge in [0.2, 0.25) is 0 Å². The highest BCUT2D eigenvalue weighted by Crippen LogP contribution is 2.30. The fraction of sp³-hybridized carbons (Fsp3) is 0.296. The van der Waals surface area contributed by atoms with Gasteiger partial charge in [0.1, 0.15) is 22.9 Å². The summed E-state index contributed by atoms with van der Waals surface area (Å²) in [5, 5.41) is 6.94. The Kier molecular flexibility index (Phi) is 7.66. The third kappa shape index (κ3) is 5.52. The largest absolute Gasteiger partial charge is 0.494 e. The number of nitrogens with zero attached hydrogens (tertiary/aromatic N) is 4. The van der Waals surface area contributed by atoms with Crippen molar-refractivity contribution in [2.75, 3.05) is 12.4 Å². The summed E-state index contributed by atoms with van der Waals surface area (Å²) in [5.74, 6) is 0.0171. The lowest BCUT2D eigenvalue weighted by molar-refractivity contribution is 0.142. The summed E-state index contributed by atoms with van der Waals surface area (Å²) in [6.45, 7) is 5.55. The van der Waals surface area contributed by atoms with Crippen molar-refractivity contribution in [3.05, 3.63) is 93.7 Å². The lowest BCUT2D eigenvalue weighted by Gasteiger charge is -2.22. The molecule has 1 N–H and O–H groups in total. The summed E-state index contributed by atoms with van der Waals surface area (Å²) in [7, 11) is 1.51. The maximum Gasteiger partial charge on any atom is 0.291 e. The molecular formula is C27H28F3N5O2. The van der Waals surface area contributed by atoms with E-state index < -0.39 is 29.5 Å². The molecule has 7 nitrogen and oxygen atoms in total. The van der Waals surface area contributed by atoms with E-state index in [1.54, 1.807) is 42.1 Å². The summed E-state index contributed by atoms with van der Waals surface area (Å²) in [6.07, 6.45) is 1.62. The molecule has 0 aliphatic heterocycles. The van der Waals surface area contributed by atoms with E-state index in [4.69, 9.17) is 4.74 Å². The molecule has 0 aliphatic rings. The van der Waals surface area contributed by atoms with Gasteiger partial charge in [-0.1, -0.05) is 19.4 Å². The quantitative estimate of drug-likeness (QED) is 0.287. The molecule has 37 heavy (non-hydrogen) atoms. The summed E-state index contributed by atoms with van der Waals surface area (Å²) in [5.41, 5.74) is 2.04. The van der Waals surface area contributed by atoms with Gasteiger partial charge >= 0.3 is 0 Å². The molecule has 0 radical (unpaired) electrons. The molecule has 0 fully saturated rings. The number of aromatic nitrogens is 4. The summed E-state index contributed by atoms with van der Waals surface area (Å²) in [4.78, 5) is 17.8. The molecule has 10 heteroatoms. The minimum atomic E-state index is -2.91. The number of methoxy groups -OCH3 is 1. The molecule has 0 saturated heterocycles. The second-order valence-electron chi connectivity index (χ2n) is 8.77. The van der Waals surface area contributed by atoms with Gasteiger partial charge in [-0.15, -0.1) is 0 Å². The smallest absolute Gasteiger partial charge is 0.291 e. The van der Waals surface area contributed by atoms with Crippen molar-refractivity contribution in [3.63, 3.8) is 0 Å². The zero-order chi connectivity index (χ0) is 26.7. The van der Waals surface area contributed by atoms with Crippen molar-refractivity contribution in [2.24, 2.45) is 0 Å². The van der Waals surface area contributed by atoms with Crippen LogP contribution in [-0.4, -0.2) is 26.4 Å². The maximum absolute atomic E-state index is 14.1. The molecule has 0 amide bonds. The highest BCUT2D eigenvalue weighted by Gasteiger charge is 2.23. The van der Waals surface area contributed by atoms with Crippen molar-refractivity contribution in [3.8, 4) is 11.4 Å². The molecule has 0 bridgehead atoms. The lowest BCUT2D eigenvalue weighted by atomic mass is 9.97. The van der Waals surface area contributed by atoms with Crippen LogP contribution < -0.4 is 15.6 Å². The average Bonchev–Trinajstić information content (AvgIpc) is 3.31. The first-order valence-electron chi connectivity index (χ1n) is 11.9. The van der Waals surface area contributed by atoms with Crippen LogP contribution >= 0.6 is 0 Å². The molecule has 4 rings (SSSR count). The van der Waals surface area contributed by atoms with Crippen LogP contribution in [0.3, 0.4) is 0 Å². The van der Waals surface area contributed by atoms with Gasteiger partial charge in [0.05, 0.1) is 30.9 Å². The maximum atomic E-state index is 14.1. The zero-order valence-electron chi connectivity index (χ0n) is 21.0. The molecular weight excluding hydrogens is 483 g/mol. The summed E-state index contributed by atoms with van der Waals surface area (Å²) >= 11 is 0. The number of nitrogens with one attached hydrogen (secondary N) is 1. The van der Waals surface area contributed by atoms with E-state index in [1.165, 1.54) is 19.2 Å². The first-order valence-corrected chi connectivity index (χ1v) is 11.9. The van der Waals surface area contributed by atoms with Crippen LogP contribution in [0.2, 0.25) is 0 Å². The predicted molar refractivity (Wildman–Crippen MR) is 136 cm³/mol. The van der Waals surface area contributed by atoms with Crippen molar-refractivity contribution >= 4 is 11.4 Å². The Labute approximate surface area is 212 Å². The van der Waals surface area contributed by atoms with E-state index in [0.29, 0.717) is 29.8 Å². The van der Waals surface area contributed by atoms with Crippen LogP contribution in [0.4, 0.5) is 24.5 Å². The third-order valence-electron chi connectivity index (χ3n) is 6.08. The second-order valence-corrected chi connectivity index (χ2v) is 8.77. The number of hydrogen-bond donors (Lipinski definition) is 1. The van der Waals surface area contributed by atoms with E-state index in [2.05, 4.69) is 15.4 Å². The van der Waals surface area contributed by atoms with Crippen molar-refractivity contribution in [1.29, 1.82) is 0 Å². The van der Waals surface area contributed by atoms with E-state index in [9.17, 15) is 18.0 Å². The van der Waals surface area contributed by atoms with Crippen LogP contribution in [-0.2, 0) is 0 Å². The predicted octanol–water partition coefficient (Wildman–Crippen LogP) is 6.26. The minimum Gasteiger partial charge on any atom is -0.494 e. The molecule has 194 valence electrons. The zero-order valence-corrected chi connectivity index (χ0v) is 21.0. The lowest BCUT2D eigenvalue weighted by Crippen LogP contribution is -2.31. The van der Waals surface area contributed by atoms with Crippen LogP contribution in [0.1, 0.15) is 54.7 Å². The molecule has 2 aromatic heterocycles. The summed E-state index contributed by atoms with van der Waals surface area (Å²) in [6, 6.07) is 9.72. The van der Waals surface area contributed by atoms with Crippen molar-refractivity contribution < 1.29 is 17.9 Å². The van der Waals surface area contributed by atoms with E-state index in [0.717, 1.165) is 27.7 Å². The molecule has 0 aliphatic carbocycles. The number of imidazole rings is 1.